The lowest BCUT2D eigenvalue weighted by molar-refractivity contribution is -0.113. The zero-order chi connectivity index (χ0) is 20.4. The Hall–Kier alpha value is -3.33. The van der Waals surface area contributed by atoms with E-state index < -0.39 is 0 Å². The number of aryl methyl sites for hydroxylation is 1. The van der Waals surface area contributed by atoms with E-state index in [2.05, 4.69) is 20.5 Å². The first kappa shape index (κ1) is 19.0. The number of aromatic nitrogens is 4. The standard InChI is InChI=1S/C20H19N5O3S/c1-25-15-7-5-4-6-13(15)18-19(25)22-20(24-23-18)29-11-17(26)21-14-10-12(27-2)8-9-16(14)28-3/h4-10H,11H2,1-3H3,(H,21,26). The third-order valence-corrected chi connectivity index (χ3v) is 5.34. The average Bonchev–Trinajstić information content (AvgIpc) is 3.04. The Morgan fingerprint density at radius 3 is 2.76 bits per heavy atom. The maximum absolute atomic E-state index is 12.4. The number of rotatable bonds is 6. The van der Waals surface area contributed by atoms with Crippen molar-refractivity contribution in [2.75, 3.05) is 25.3 Å². The van der Waals surface area contributed by atoms with E-state index in [0.717, 1.165) is 22.1 Å². The van der Waals surface area contributed by atoms with Gasteiger partial charge in [0.05, 0.1) is 31.2 Å². The van der Waals surface area contributed by atoms with E-state index in [1.165, 1.54) is 11.8 Å². The highest BCUT2D eigenvalue weighted by Crippen LogP contribution is 2.29. The molecule has 0 bridgehead atoms. The van der Waals surface area contributed by atoms with Crippen LogP contribution in [0.1, 0.15) is 0 Å². The molecule has 1 N–H and O–H groups in total. The lowest BCUT2D eigenvalue weighted by atomic mass is 10.2. The van der Waals surface area contributed by atoms with Gasteiger partial charge < -0.3 is 19.4 Å². The SMILES string of the molecule is COc1ccc(OC)c(NC(=O)CSc2nnc3c4ccccc4n(C)c3n2)c1. The summed E-state index contributed by atoms with van der Waals surface area (Å²) in [5.74, 6) is 1.11. The predicted octanol–water partition coefficient (Wildman–Crippen LogP) is 3.26. The average molecular weight is 409 g/mol. The Labute approximate surface area is 171 Å². The summed E-state index contributed by atoms with van der Waals surface area (Å²) in [4.78, 5) is 17.0. The number of carbonyl (C=O) groups is 1. The van der Waals surface area contributed by atoms with Crippen molar-refractivity contribution in [1.29, 1.82) is 0 Å². The van der Waals surface area contributed by atoms with Crippen molar-refractivity contribution in [3.05, 3.63) is 42.5 Å². The molecule has 4 aromatic rings. The van der Waals surface area contributed by atoms with Gasteiger partial charge in [0.15, 0.2) is 5.65 Å². The Balaban J connectivity index is 1.50. The molecule has 1 amide bonds. The topological polar surface area (TPSA) is 91.2 Å². The number of fused-ring (bicyclic) bond motifs is 3. The molecule has 0 saturated heterocycles. The van der Waals surface area contributed by atoms with Crippen LogP contribution in [0.4, 0.5) is 5.69 Å². The van der Waals surface area contributed by atoms with Crippen LogP contribution >= 0.6 is 11.8 Å². The first-order valence-electron chi connectivity index (χ1n) is 8.83. The zero-order valence-electron chi connectivity index (χ0n) is 16.2. The van der Waals surface area contributed by atoms with E-state index in [-0.39, 0.29) is 11.7 Å². The minimum absolute atomic E-state index is 0.136. The van der Waals surface area contributed by atoms with E-state index in [1.54, 1.807) is 32.4 Å². The molecule has 0 radical (unpaired) electrons. The minimum Gasteiger partial charge on any atom is -0.497 e. The molecule has 8 nitrogen and oxygen atoms in total. The smallest absolute Gasteiger partial charge is 0.234 e. The predicted molar refractivity (Wildman–Crippen MR) is 113 cm³/mol. The molecule has 9 heteroatoms. The number of para-hydroxylation sites is 1. The van der Waals surface area contributed by atoms with Crippen LogP contribution < -0.4 is 14.8 Å². The van der Waals surface area contributed by atoms with Crippen molar-refractivity contribution < 1.29 is 14.3 Å². The molecule has 0 atom stereocenters. The van der Waals surface area contributed by atoms with Gasteiger partial charge in [0, 0.05) is 18.5 Å². The second kappa shape index (κ2) is 7.96. The van der Waals surface area contributed by atoms with E-state index in [4.69, 9.17) is 9.47 Å². The highest BCUT2D eigenvalue weighted by atomic mass is 32.2. The molecule has 0 aliphatic carbocycles. The molecule has 0 aliphatic rings. The van der Waals surface area contributed by atoms with Crippen LogP contribution in [0.25, 0.3) is 22.1 Å². The third kappa shape index (κ3) is 3.68. The van der Waals surface area contributed by atoms with E-state index in [0.29, 0.717) is 22.3 Å². The highest BCUT2D eigenvalue weighted by molar-refractivity contribution is 7.99. The lowest BCUT2D eigenvalue weighted by Gasteiger charge is -2.11. The number of hydrogen-bond donors (Lipinski definition) is 1. The number of hydrogen-bond acceptors (Lipinski definition) is 7. The van der Waals surface area contributed by atoms with Gasteiger partial charge >= 0.3 is 0 Å². The van der Waals surface area contributed by atoms with Crippen molar-refractivity contribution in [3.8, 4) is 11.5 Å². The summed E-state index contributed by atoms with van der Waals surface area (Å²) in [7, 11) is 5.05. The summed E-state index contributed by atoms with van der Waals surface area (Å²) in [6.07, 6.45) is 0. The molecule has 29 heavy (non-hydrogen) atoms. The fourth-order valence-corrected chi connectivity index (χ4v) is 3.66. The van der Waals surface area contributed by atoms with Crippen molar-refractivity contribution in [3.63, 3.8) is 0 Å². The largest absolute Gasteiger partial charge is 0.497 e. The number of nitrogens with zero attached hydrogens (tertiary/aromatic N) is 4. The fraction of sp³-hybridized carbons (Fsp3) is 0.200. The minimum atomic E-state index is -0.206. The summed E-state index contributed by atoms with van der Waals surface area (Å²) in [5.41, 5.74) is 3.06. The van der Waals surface area contributed by atoms with Gasteiger partial charge in [-0.25, -0.2) is 4.98 Å². The molecule has 0 unspecified atom stereocenters. The van der Waals surface area contributed by atoms with E-state index in [9.17, 15) is 4.79 Å². The van der Waals surface area contributed by atoms with Crippen LogP contribution in [0.5, 0.6) is 11.5 Å². The van der Waals surface area contributed by atoms with Gasteiger partial charge in [0.2, 0.25) is 11.1 Å². The molecule has 0 saturated carbocycles. The van der Waals surface area contributed by atoms with Crippen LogP contribution in [0, 0.1) is 0 Å². The Kier molecular flexibility index (Phi) is 5.22. The van der Waals surface area contributed by atoms with Gasteiger partial charge in [-0.1, -0.05) is 30.0 Å². The van der Waals surface area contributed by atoms with Gasteiger partial charge in [-0.15, -0.1) is 10.2 Å². The number of thioether (sulfide) groups is 1. The van der Waals surface area contributed by atoms with Crippen LogP contribution in [-0.2, 0) is 11.8 Å². The first-order valence-corrected chi connectivity index (χ1v) is 9.82. The third-order valence-electron chi connectivity index (χ3n) is 4.50. The molecule has 0 aliphatic heterocycles. The molecular weight excluding hydrogens is 390 g/mol. The number of ether oxygens (including phenoxy) is 2. The van der Waals surface area contributed by atoms with Crippen LogP contribution in [-0.4, -0.2) is 45.6 Å². The van der Waals surface area contributed by atoms with Gasteiger partial charge in [-0.05, 0) is 18.2 Å². The number of methoxy groups -OCH3 is 2. The Morgan fingerprint density at radius 2 is 1.97 bits per heavy atom. The quantitative estimate of drug-likeness (QED) is 0.489. The van der Waals surface area contributed by atoms with Crippen molar-refractivity contribution >= 4 is 45.4 Å². The van der Waals surface area contributed by atoms with Crippen LogP contribution in [0.15, 0.2) is 47.6 Å². The summed E-state index contributed by atoms with van der Waals surface area (Å²) in [6, 6.07) is 13.2. The molecular formula is C20H19N5O3S. The maximum Gasteiger partial charge on any atom is 0.234 e. The second-order valence-corrected chi connectivity index (χ2v) is 7.19. The molecule has 2 heterocycles. The van der Waals surface area contributed by atoms with Gasteiger partial charge in [-0.2, -0.15) is 0 Å². The zero-order valence-corrected chi connectivity index (χ0v) is 17.0. The van der Waals surface area contributed by atoms with Gasteiger partial charge in [0.1, 0.15) is 17.0 Å². The summed E-state index contributed by atoms with van der Waals surface area (Å²) >= 11 is 1.22. The number of benzene rings is 2. The molecule has 2 aromatic carbocycles. The highest BCUT2D eigenvalue weighted by Gasteiger charge is 2.14. The number of carbonyl (C=O) groups excluding carboxylic acids is 1. The summed E-state index contributed by atoms with van der Waals surface area (Å²) < 4.78 is 12.5. The van der Waals surface area contributed by atoms with E-state index in [1.807, 2.05) is 35.9 Å². The summed E-state index contributed by atoms with van der Waals surface area (Å²) in [6.45, 7) is 0. The van der Waals surface area contributed by atoms with E-state index >= 15 is 0 Å². The van der Waals surface area contributed by atoms with Crippen LogP contribution in [0.3, 0.4) is 0 Å². The second-order valence-electron chi connectivity index (χ2n) is 6.25. The first-order chi connectivity index (χ1) is 14.1. The maximum atomic E-state index is 12.4. The normalized spacial score (nSPS) is 11.0. The van der Waals surface area contributed by atoms with Crippen molar-refractivity contribution in [2.24, 2.45) is 7.05 Å². The van der Waals surface area contributed by atoms with Crippen LogP contribution in [0.2, 0.25) is 0 Å². The van der Waals surface area contributed by atoms with Crippen molar-refractivity contribution in [1.82, 2.24) is 19.7 Å². The molecule has 2 aromatic heterocycles. The Bertz CT molecular complexity index is 1210. The Morgan fingerprint density at radius 1 is 1.14 bits per heavy atom. The van der Waals surface area contributed by atoms with Gasteiger partial charge in [-0.3, -0.25) is 4.79 Å². The molecule has 0 spiro atoms. The monoisotopic (exact) mass is 409 g/mol. The van der Waals surface area contributed by atoms with Gasteiger partial charge in [0.25, 0.3) is 0 Å². The summed E-state index contributed by atoms with van der Waals surface area (Å²) in [5, 5.41) is 12.8. The number of anilines is 1. The fourth-order valence-electron chi connectivity index (χ4n) is 3.08. The number of amides is 1. The molecule has 148 valence electrons. The lowest BCUT2D eigenvalue weighted by Crippen LogP contribution is -2.15. The molecule has 4 rings (SSSR count). The molecule has 0 fully saturated rings. The van der Waals surface area contributed by atoms with Crippen molar-refractivity contribution in [2.45, 2.75) is 5.16 Å². The number of nitrogens with one attached hydrogen (secondary N) is 1.